The number of ether oxygens (including phenoxy) is 2. The molecule has 2 atom stereocenters. The first-order chi connectivity index (χ1) is 10.1. The van der Waals surface area contributed by atoms with Gasteiger partial charge in [0.2, 0.25) is 0 Å². The summed E-state index contributed by atoms with van der Waals surface area (Å²) >= 11 is 0. The summed E-state index contributed by atoms with van der Waals surface area (Å²) in [6.45, 7) is 0.891. The lowest BCUT2D eigenvalue weighted by Crippen LogP contribution is -2.51. The van der Waals surface area contributed by atoms with Crippen molar-refractivity contribution in [2.75, 3.05) is 27.3 Å². The molecule has 6 heteroatoms. The molecule has 1 amide bonds. The number of hydrogen-bond donors (Lipinski definition) is 1. The lowest BCUT2D eigenvalue weighted by molar-refractivity contribution is 0.0137. The monoisotopic (exact) mass is 296 g/mol. The Balaban J connectivity index is 2.24. The smallest absolute Gasteiger partial charge is 0.258 e. The Kier molecular flexibility index (Phi) is 5.14. The number of carbonyl (C=O) groups is 1. The Labute approximate surface area is 123 Å². The highest BCUT2D eigenvalue weighted by molar-refractivity contribution is 5.97. The van der Waals surface area contributed by atoms with Crippen LogP contribution in [0.3, 0.4) is 0 Å². The van der Waals surface area contributed by atoms with Gasteiger partial charge in [0.1, 0.15) is 11.6 Å². The molecule has 2 unspecified atom stereocenters. The Morgan fingerprint density at radius 1 is 1.48 bits per heavy atom. The van der Waals surface area contributed by atoms with Gasteiger partial charge in [0.15, 0.2) is 0 Å². The van der Waals surface area contributed by atoms with Crippen LogP contribution in [0.15, 0.2) is 18.2 Å². The normalized spacial score (nSPS) is 22.2. The number of halogens is 1. The van der Waals surface area contributed by atoms with Crippen LogP contribution in [-0.2, 0) is 4.74 Å². The molecule has 1 aliphatic rings. The molecule has 1 fully saturated rings. The van der Waals surface area contributed by atoms with E-state index >= 15 is 0 Å². The van der Waals surface area contributed by atoms with E-state index in [4.69, 9.17) is 15.2 Å². The van der Waals surface area contributed by atoms with Crippen molar-refractivity contribution in [2.45, 2.75) is 25.0 Å². The second-order valence-corrected chi connectivity index (χ2v) is 5.11. The van der Waals surface area contributed by atoms with Crippen LogP contribution in [0.2, 0.25) is 0 Å². The van der Waals surface area contributed by atoms with Gasteiger partial charge in [0.05, 0.1) is 18.8 Å². The van der Waals surface area contributed by atoms with Crippen molar-refractivity contribution >= 4 is 5.91 Å². The summed E-state index contributed by atoms with van der Waals surface area (Å²) in [7, 11) is 3.12. The van der Waals surface area contributed by atoms with Gasteiger partial charge >= 0.3 is 0 Å². The van der Waals surface area contributed by atoms with Crippen LogP contribution < -0.4 is 10.5 Å². The molecular weight excluding hydrogens is 275 g/mol. The first-order valence-corrected chi connectivity index (χ1v) is 6.98. The zero-order valence-electron chi connectivity index (χ0n) is 12.3. The van der Waals surface area contributed by atoms with E-state index in [1.807, 2.05) is 0 Å². The number of likely N-dealkylation sites (tertiary alicyclic amines) is 1. The summed E-state index contributed by atoms with van der Waals surface area (Å²) in [5.41, 5.74) is 6.00. The fraction of sp³-hybridized carbons (Fsp3) is 0.533. The molecule has 5 nitrogen and oxygen atoms in total. The van der Waals surface area contributed by atoms with Crippen LogP contribution >= 0.6 is 0 Å². The first-order valence-electron chi connectivity index (χ1n) is 6.98. The molecule has 0 spiro atoms. The van der Waals surface area contributed by atoms with Gasteiger partial charge in [-0.3, -0.25) is 4.79 Å². The highest BCUT2D eigenvalue weighted by Crippen LogP contribution is 2.26. The van der Waals surface area contributed by atoms with Crippen LogP contribution in [0.4, 0.5) is 4.39 Å². The van der Waals surface area contributed by atoms with E-state index in [0.717, 1.165) is 6.42 Å². The third-order valence-corrected chi connectivity index (χ3v) is 3.93. The molecule has 0 radical (unpaired) electrons. The summed E-state index contributed by atoms with van der Waals surface area (Å²) < 4.78 is 23.9. The van der Waals surface area contributed by atoms with Gasteiger partial charge < -0.3 is 20.1 Å². The molecule has 1 aliphatic heterocycles. The number of nitrogens with two attached hydrogens (primary N) is 1. The molecule has 21 heavy (non-hydrogen) atoms. The minimum absolute atomic E-state index is 0.107. The molecule has 1 aromatic carbocycles. The lowest BCUT2D eigenvalue weighted by Gasteiger charge is -2.38. The molecule has 0 bridgehead atoms. The number of piperidine rings is 1. The quantitative estimate of drug-likeness (QED) is 0.912. The van der Waals surface area contributed by atoms with Crippen LogP contribution in [0.1, 0.15) is 23.2 Å². The zero-order valence-corrected chi connectivity index (χ0v) is 12.3. The summed E-state index contributed by atoms with van der Waals surface area (Å²) in [5, 5.41) is 0. The minimum atomic E-state index is -0.463. The number of amides is 1. The average molecular weight is 296 g/mol. The van der Waals surface area contributed by atoms with Gasteiger partial charge in [-0.15, -0.1) is 0 Å². The van der Waals surface area contributed by atoms with Gasteiger partial charge in [0.25, 0.3) is 5.91 Å². The van der Waals surface area contributed by atoms with E-state index in [2.05, 4.69) is 0 Å². The van der Waals surface area contributed by atoms with Crippen molar-refractivity contribution in [1.82, 2.24) is 4.90 Å². The zero-order chi connectivity index (χ0) is 15.4. The van der Waals surface area contributed by atoms with Gasteiger partial charge in [-0.1, -0.05) is 0 Å². The fourth-order valence-corrected chi connectivity index (χ4v) is 2.72. The average Bonchev–Trinajstić information content (AvgIpc) is 2.53. The van der Waals surface area contributed by atoms with E-state index in [1.165, 1.54) is 25.3 Å². The van der Waals surface area contributed by atoms with Crippen LogP contribution in [0.25, 0.3) is 0 Å². The number of rotatable bonds is 4. The molecule has 0 aliphatic carbocycles. The van der Waals surface area contributed by atoms with Crippen LogP contribution in [0, 0.1) is 5.82 Å². The summed E-state index contributed by atoms with van der Waals surface area (Å²) in [6, 6.07) is 3.83. The number of benzene rings is 1. The highest BCUT2D eigenvalue weighted by atomic mass is 19.1. The number of methoxy groups -OCH3 is 2. The van der Waals surface area contributed by atoms with Crippen LogP contribution in [0.5, 0.6) is 5.75 Å². The van der Waals surface area contributed by atoms with Crippen molar-refractivity contribution in [3.05, 3.63) is 29.6 Å². The van der Waals surface area contributed by atoms with E-state index in [-0.39, 0.29) is 23.6 Å². The molecular formula is C15H21FN2O3. The lowest BCUT2D eigenvalue weighted by atomic mass is 9.98. The first kappa shape index (κ1) is 15.7. The topological polar surface area (TPSA) is 64.8 Å². The van der Waals surface area contributed by atoms with E-state index in [1.54, 1.807) is 12.0 Å². The van der Waals surface area contributed by atoms with Crippen molar-refractivity contribution in [3.8, 4) is 5.75 Å². The molecule has 1 aromatic rings. The summed E-state index contributed by atoms with van der Waals surface area (Å²) in [5.74, 6) is -0.349. The Bertz CT molecular complexity index is 510. The number of nitrogens with zero attached hydrogens (tertiary/aromatic N) is 1. The highest BCUT2D eigenvalue weighted by Gasteiger charge is 2.32. The van der Waals surface area contributed by atoms with Gasteiger partial charge in [-0.25, -0.2) is 4.39 Å². The minimum Gasteiger partial charge on any atom is -0.496 e. The Morgan fingerprint density at radius 2 is 2.24 bits per heavy atom. The van der Waals surface area contributed by atoms with Gasteiger partial charge in [-0.2, -0.15) is 0 Å². The standard InChI is InChI=1S/C15H21FN2O3/c1-20-12-5-6-18(11(8-12)9-17)15(19)13-7-10(16)3-4-14(13)21-2/h3-4,7,11-12H,5-6,8-9,17H2,1-2H3. The Morgan fingerprint density at radius 3 is 2.86 bits per heavy atom. The second-order valence-electron chi connectivity index (χ2n) is 5.11. The van der Waals surface area contributed by atoms with Gasteiger partial charge in [-0.05, 0) is 31.0 Å². The largest absolute Gasteiger partial charge is 0.496 e. The SMILES string of the molecule is COc1ccc(F)cc1C(=O)N1CCC(OC)CC1CN. The molecule has 0 saturated carbocycles. The summed E-state index contributed by atoms with van der Waals surface area (Å²) in [6.07, 6.45) is 1.55. The third kappa shape index (κ3) is 3.33. The predicted octanol–water partition coefficient (Wildman–Crippen LogP) is 1.41. The third-order valence-electron chi connectivity index (χ3n) is 3.93. The van der Waals surface area contributed by atoms with Crippen molar-refractivity contribution < 1.29 is 18.7 Å². The molecule has 0 aromatic heterocycles. The van der Waals surface area contributed by atoms with Crippen molar-refractivity contribution in [2.24, 2.45) is 5.73 Å². The number of hydrogen-bond acceptors (Lipinski definition) is 4. The van der Waals surface area contributed by atoms with Gasteiger partial charge in [0, 0.05) is 26.2 Å². The van der Waals surface area contributed by atoms with Crippen molar-refractivity contribution in [1.29, 1.82) is 0 Å². The summed E-state index contributed by atoms with van der Waals surface area (Å²) in [4.78, 5) is 14.4. The maximum atomic E-state index is 13.4. The van der Waals surface area contributed by atoms with E-state index in [0.29, 0.717) is 25.3 Å². The predicted molar refractivity (Wildman–Crippen MR) is 76.9 cm³/mol. The maximum Gasteiger partial charge on any atom is 0.258 e. The van der Waals surface area contributed by atoms with E-state index < -0.39 is 5.82 Å². The molecule has 1 saturated heterocycles. The van der Waals surface area contributed by atoms with E-state index in [9.17, 15) is 9.18 Å². The van der Waals surface area contributed by atoms with Crippen LogP contribution in [-0.4, -0.2) is 50.3 Å². The Hall–Kier alpha value is -1.66. The van der Waals surface area contributed by atoms with Crippen molar-refractivity contribution in [3.63, 3.8) is 0 Å². The maximum absolute atomic E-state index is 13.4. The molecule has 2 N–H and O–H groups in total. The molecule has 116 valence electrons. The number of carbonyl (C=O) groups excluding carboxylic acids is 1. The molecule has 2 rings (SSSR count). The fourth-order valence-electron chi connectivity index (χ4n) is 2.72. The second kappa shape index (κ2) is 6.87. The molecule has 1 heterocycles.